The molecule has 0 aromatic heterocycles. The SMILES string of the molecule is CCC(=O)OC[C@H](Cc1ccc(O)c(O)c1)OC(=O)CC. The van der Waals surface area contributed by atoms with E-state index in [2.05, 4.69) is 0 Å². The van der Waals surface area contributed by atoms with Crippen molar-refractivity contribution in [3.8, 4) is 11.5 Å². The summed E-state index contributed by atoms with van der Waals surface area (Å²) in [6.45, 7) is 3.30. The monoisotopic (exact) mass is 296 g/mol. The summed E-state index contributed by atoms with van der Waals surface area (Å²) in [5, 5.41) is 18.7. The number of carbonyl (C=O) groups excluding carboxylic acids is 2. The summed E-state index contributed by atoms with van der Waals surface area (Å²) >= 11 is 0. The van der Waals surface area contributed by atoms with Crippen LogP contribution >= 0.6 is 0 Å². The molecule has 0 aliphatic heterocycles. The van der Waals surface area contributed by atoms with E-state index in [1.165, 1.54) is 12.1 Å². The highest BCUT2D eigenvalue weighted by Gasteiger charge is 2.17. The third kappa shape index (κ3) is 5.72. The third-order valence-electron chi connectivity index (χ3n) is 2.81. The number of ether oxygens (including phenoxy) is 2. The summed E-state index contributed by atoms with van der Waals surface area (Å²) in [5.74, 6) is -1.24. The number of carbonyl (C=O) groups is 2. The Bertz CT molecular complexity index is 497. The van der Waals surface area contributed by atoms with Crippen molar-refractivity contribution in [3.05, 3.63) is 23.8 Å². The lowest BCUT2D eigenvalue weighted by atomic mass is 10.1. The van der Waals surface area contributed by atoms with E-state index >= 15 is 0 Å². The summed E-state index contributed by atoms with van der Waals surface area (Å²) in [7, 11) is 0. The van der Waals surface area contributed by atoms with Crippen molar-refractivity contribution in [1.29, 1.82) is 0 Å². The average Bonchev–Trinajstić information content (AvgIpc) is 2.47. The average molecular weight is 296 g/mol. The van der Waals surface area contributed by atoms with Crippen molar-refractivity contribution in [3.63, 3.8) is 0 Å². The fraction of sp³-hybridized carbons (Fsp3) is 0.467. The van der Waals surface area contributed by atoms with Crippen LogP contribution in [-0.2, 0) is 25.5 Å². The normalized spacial score (nSPS) is 11.7. The van der Waals surface area contributed by atoms with E-state index in [0.717, 1.165) is 0 Å². The Labute approximate surface area is 123 Å². The first-order valence-electron chi connectivity index (χ1n) is 6.82. The van der Waals surface area contributed by atoms with Crippen LogP contribution < -0.4 is 0 Å². The molecule has 1 aromatic rings. The minimum absolute atomic E-state index is 0.0416. The van der Waals surface area contributed by atoms with Gasteiger partial charge in [0.15, 0.2) is 11.5 Å². The molecule has 0 heterocycles. The highest BCUT2D eigenvalue weighted by Crippen LogP contribution is 2.25. The number of benzene rings is 1. The lowest BCUT2D eigenvalue weighted by Crippen LogP contribution is -2.27. The van der Waals surface area contributed by atoms with E-state index < -0.39 is 12.1 Å². The molecule has 0 bridgehead atoms. The van der Waals surface area contributed by atoms with Gasteiger partial charge in [-0.15, -0.1) is 0 Å². The predicted molar refractivity (Wildman–Crippen MR) is 74.9 cm³/mol. The second kappa shape index (κ2) is 8.14. The maximum atomic E-state index is 11.4. The van der Waals surface area contributed by atoms with E-state index in [4.69, 9.17) is 9.47 Å². The molecule has 0 unspecified atom stereocenters. The first kappa shape index (κ1) is 16.8. The van der Waals surface area contributed by atoms with E-state index in [1.54, 1.807) is 19.9 Å². The van der Waals surface area contributed by atoms with Crippen LogP contribution in [0.5, 0.6) is 11.5 Å². The molecular formula is C15H20O6. The lowest BCUT2D eigenvalue weighted by molar-refractivity contribution is -0.158. The summed E-state index contributed by atoms with van der Waals surface area (Å²) in [4.78, 5) is 22.6. The molecule has 0 spiro atoms. The topological polar surface area (TPSA) is 93.1 Å². The summed E-state index contributed by atoms with van der Waals surface area (Å²) in [5.41, 5.74) is 0.659. The zero-order chi connectivity index (χ0) is 15.8. The van der Waals surface area contributed by atoms with Gasteiger partial charge in [-0.3, -0.25) is 9.59 Å². The Balaban J connectivity index is 2.72. The Morgan fingerprint density at radius 2 is 1.76 bits per heavy atom. The summed E-state index contributed by atoms with van der Waals surface area (Å²) in [6.07, 6.45) is 0.112. The number of esters is 2. The summed E-state index contributed by atoms with van der Waals surface area (Å²) < 4.78 is 10.2. The van der Waals surface area contributed by atoms with E-state index in [0.29, 0.717) is 5.56 Å². The molecule has 0 amide bonds. The van der Waals surface area contributed by atoms with Crippen LogP contribution in [0.1, 0.15) is 32.3 Å². The van der Waals surface area contributed by atoms with Gasteiger partial charge in [-0.25, -0.2) is 0 Å². The van der Waals surface area contributed by atoms with E-state index in [-0.39, 0.29) is 43.3 Å². The van der Waals surface area contributed by atoms with Crippen LogP contribution in [-0.4, -0.2) is 34.9 Å². The molecule has 0 aliphatic carbocycles. The van der Waals surface area contributed by atoms with Gasteiger partial charge in [0.05, 0.1) is 0 Å². The van der Waals surface area contributed by atoms with Crippen molar-refractivity contribution in [2.45, 2.75) is 39.2 Å². The van der Waals surface area contributed by atoms with Crippen LogP contribution in [0, 0.1) is 0 Å². The molecule has 6 heteroatoms. The van der Waals surface area contributed by atoms with Gasteiger partial charge in [-0.05, 0) is 17.7 Å². The second-order valence-corrected chi connectivity index (χ2v) is 4.53. The third-order valence-corrected chi connectivity index (χ3v) is 2.81. The molecule has 116 valence electrons. The molecule has 1 aromatic carbocycles. The molecule has 0 saturated carbocycles. The molecule has 0 saturated heterocycles. The number of aromatic hydroxyl groups is 2. The second-order valence-electron chi connectivity index (χ2n) is 4.53. The van der Waals surface area contributed by atoms with Crippen LogP contribution in [0.15, 0.2) is 18.2 Å². The first-order chi connectivity index (χ1) is 9.96. The van der Waals surface area contributed by atoms with E-state index in [9.17, 15) is 19.8 Å². The minimum Gasteiger partial charge on any atom is -0.504 e. The van der Waals surface area contributed by atoms with Gasteiger partial charge in [0, 0.05) is 19.3 Å². The van der Waals surface area contributed by atoms with E-state index in [1.807, 2.05) is 0 Å². The number of phenols is 2. The van der Waals surface area contributed by atoms with Gasteiger partial charge in [0.25, 0.3) is 0 Å². The van der Waals surface area contributed by atoms with Crippen molar-refractivity contribution < 1.29 is 29.3 Å². The number of hydrogen-bond acceptors (Lipinski definition) is 6. The molecule has 6 nitrogen and oxygen atoms in total. The molecule has 0 aliphatic rings. The molecular weight excluding hydrogens is 276 g/mol. The van der Waals surface area contributed by atoms with Crippen LogP contribution in [0.3, 0.4) is 0 Å². The largest absolute Gasteiger partial charge is 0.504 e. The smallest absolute Gasteiger partial charge is 0.305 e. The van der Waals surface area contributed by atoms with Crippen LogP contribution in [0.2, 0.25) is 0 Å². The van der Waals surface area contributed by atoms with Gasteiger partial charge < -0.3 is 19.7 Å². The Morgan fingerprint density at radius 3 is 2.33 bits per heavy atom. The maximum absolute atomic E-state index is 11.4. The Morgan fingerprint density at radius 1 is 1.10 bits per heavy atom. The standard InChI is InChI=1S/C15H20O6/c1-3-14(18)20-9-11(21-15(19)4-2)7-10-5-6-12(16)13(17)8-10/h5-6,8,11,16-17H,3-4,7,9H2,1-2H3/t11-/m0/s1. The van der Waals surface area contributed by atoms with Crippen molar-refractivity contribution in [2.24, 2.45) is 0 Å². The molecule has 1 rings (SSSR count). The van der Waals surface area contributed by atoms with Crippen molar-refractivity contribution in [2.75, 3.05) is 6.61 Å². The molecule has 0 radical (unpaired) electrons. The highest BCUT2D eigenvalue weighted by molar-refractivity contribution is 5.70. The number of phenolic OH excluding ortho intramolecular Hbond substituents is 2. The van der Waals surface area contributed by atoms with Gasteiger partial charge in [0.1, 0.15) is 12.7 Å². The Kier molecular flexibility index (Phi) is 6.52. The first-order valence-corrected chi connectivity index (χ1v) is 6.82. The molecule has 0 fully saturated rings. The number of rotatable bonds is 7. The van der Waals surface area contributed by atoms with Gasteiger partial charge in [-0.2, -0.15) is 0 Å². The van der Waals surface area contributed by atoms with Crippen LogP contribution in [0.4, 0.5) is 0 Å². The van der Waals surface area contributed by atoms with Crippen molar-refractivity contribution in [1.82, 2.24) is 0 Å². The molecule has 1 atom stereocenters. The maximum Gasteiger partial charge on any atom is 0.305 e. The lowest BCUT2D eigenvalue weighted by Gasteiger charge is -2.18. The van der Waals surface area contributed by atoms with Crippen molar-refractivity contribution >= 4 is 11.9 Å². The van der Waals surface area contributed by atoms with Crippen LogP contribution in [0.25, 0.3) is 0 Å². The number of hydrogen-bond donors (Lipinski definition) is 2. The Hall–Kier alpha value is -2.24. The fourth-order valence-electron chi connectivity index (χ4n) is 1.65. The minimum atomic E-state index is -0.628. The zero-order valence-corrected chi connectivity index (χ0v) is 12.2. The quantitative estimate of drug-likeness (QED) is 0.590. The zero-order valence-electron chi connectivity index (χ0n) is 12.2. The highest BCUT2D eigenvalue weighted by atomic mass is 16.6. The summed E-state index contributed by atoms with van der Waals surface area (Å²) in [6, 6.07) is 4.33. The van der Waals surface area contributed by atoms with Gasteiger partial charge in [-0.1, -0.05) is 19.9 Å². The molecule has 21 heavy (non-hydrogen) atoms. The van der Waals surface area contributed by atoms with Gasteiger partial charge >= 0.3 is 11.9 Å². The molecule has 2 N–H and O–H groups in total. The fourth-order valence-corrected chi connectivity index (χ4v) is 1.65. The van der Waals surface area contributed by atoms with Gasteiger partial charge in [0.2, 0.25) is 0 Å². The predicted octanol–water partition coefficient (Wildman–Crippen LogP) is 1.92.